The van der Waals surface area contributed by atoms with Crippen LogP contribution in [0.15, 0.2) is 78.9 Å². The number of carbonyl (C=O) groups is 1. The second kappa shape index (κ2) is 6.29. The zero-order chi connectivity index (χ0) is 17.2. The van der Waals surface area contributed by atoms with Crippen LogP contribution < -0.4 is 4.74 Å². The quantitative estimate of drug-likeness (QED) is 0.555. The van der Waals surface area contributed by atoms with E-state index < -0.39 is 5.97 Å². The average Bonchev–Trinajstić information content (AvgIpc) is 2.65. The summed E-state index contributed by atoms with van der Waals surface area (Å²) in [7, 11) is 0. The fraction of sp³-hybridized carbons (Fsp3) is 0.0455. The topological polar surface area (TPSA) is 46.5 Å². The van der Waals surface area contributed by atoms with Crippen molar-refractivity contribution in [2.24, 2.45) is 0 Å². The van der Waals surface area contributed by atoms with E-state index in [0.717, 1.165) is 27.1 Å². The molecule has 0 atom stereocenters. The van der Waals surface area contributed by atoms with Gasteiger partial charge in [-0.25, -0.2) is 4.79 Å². The molecule has 0 radical (unpaired) electrons. The summed E-state index contributed by atoms with van der Waals surface area (Å²) in [5.41, 5.74) is 1.21. The molecule has 25 heavy (non-hydrogen) atoms. The Balaban J connectivity index is 1.72. The molecule has 0 aromatic heterocycles. The van der Waals surface area contributed by atoms with Gasteiger partial charge in [-0.1, -0.05) is 66.7 Å². The molecule has 0 fully saturated rings. The van der Waals surface area contributed by atoms with E-state index in [0.29, 0.717) is 12.4 Å². The third kappa shape index (κ3) is 2.92. The lowest BCUT2D eigenvalue weighted by molar-refractivity contribution is 0.0692. The number of carboxylic acids is 1. The number of ether oxygens (including phenoxy) is 1. The molecule has 0 heterocycles. The first kappa shape index (κ1) is 15.2. The van der Waals surface area contributed by atoms with Crippen molar-refractivity contribution in [2.45, 2.75) is 6.61 Å². The predicted octanol–water partition coefficient (Wildman–Crippen LogP) is 5.27. The number of rotatable bonds is 4. The molecule has 0 amide bonds. The Morgan fingerprint density at radius 2 is 1.44 bits per heavy atom. The summed E-state index contributed by atoms with van der Waals surface area (Å²) in [6.07, 6.45) is 0. The number of hydrogen-bond donors (Lipinski definition) is 1. The fourth-order valence-corrected chi connectivity index (χ4v) is 3.08. The highest BCUT2D eigenvalue weighted by Crippen LogP contribution is 2.28. The van der Waals surface area contributed by atoms with E-state index in [-0.39, 0.29) is 5.56 Å². The summed E-state index contributed by atoms with van der Waals surface area (Å²) in [5, 5.41) is 13.6. The van der Waals surface area contributed by atoms with Crippen molar-refractivity contribution in [3.8, 4) is 5.75 Å². The van der Waals surface area contributed by atoms with Crippen LogP contribution in [0.2, 0.25) is 0 Å². The average molecular weight is 328 g/mol. The number of carboxylic acid groups (broad SMARTS) is 1. The predicted molar refractivity (Wildman–Crippen MR) is 99.2 cm³/mol. The van der Waals surface area contributed by atoms with Gasteiger partial charge in [-0.2, -0.15) is 0 Å². The molecule has 3 heteroatoms. The summed E-state index contributed by atoms with van der Waals surface area (Å²) in [6.45, 7) is 0.319. The Morgan fingerprint density at radius 1 is 0.800 bits per heavy atom. The van der Waals surface area contributed by atoms with E-state index in [2.05, 4.69) is 12.1 Å². The highest BCUT2D eigenvalue weighted by Gasteiger charge is 2.13. The van der Waals surface area contributed by atoms with Gasteiger partial charge >= 0.3 is 5.97 Å². The monoisotopic (exact) mass is 328 g/mol. The Kier molecular flexibility index (Phi) is 3.82. The smallest absolute Gasteiger partial charge is 0.339 e. The van der Waals surface area contributed by atoms with Gasteiger partial charge in [0.2, 0.25) is 0 Å². The first-order valence-electron chi connectivity index (χ1n) is 8.08. The third-order valence-corrected chi connectivity index (χ3v) is 4.34. The molecular formula is C22H16O3. The lowest BCUT2D eigenvalue weighted by atomic mass is 10.0. The van der Waals surface area contributed by atoms with Crippen LogP contribution in [-0.4, -0.2) is 11.1 Å². The van der Waals surface area contributed by atoms with Gasteiger partial charge in [-0.05, 0) is 39.2 Å². The van der Waals surface area contributed by atoms with Crippen LogP contribution in [0, 0.1) is 0 Å². The zero-order valence-electron chi connectivity index (χ0n) is 13.5. The Morgan fingerprint density at radius 3 is 2.20 bits per heavy atom. The van der Waals surface area contributed by atoms with E-state index in [1.165, 1.54) is 0 Å². The van der Waals surface area contributed by atoms with Crippen molar-refractivity contribution in [3.63, 3.8) is 0 Å². The number of aromatic carboxylic acids is 1. The van der Waals surface area contributed by atoms with Crippen LogP contribution in [-0.2, 0) is 6.61 Å². The molecule has 1 N–H and O–H groups in total. The molecule has 0 spiro atoms. The summed E-state index contributed by atoms with van der Waals surface area (Å²) in [4.78, 5) is 11.6. The first-order chi connectivity index (χ1) is 12.2. The number of benzene rings is 4. The molecule has 0 aliphatic carbocycles. The fourth-order valence-electron chi connectivity index (χ4n) is 3.08. The molecule has 0 saturated carbocycles. The van der Waals surface area contributed by atoms with Crippen molar-refractivity contribution in [1.29, 1.82) is 0 Å². The second-order valence-electron chi connectivity index (χ2n) is 5.93. The normalized spacial score (nSPS) is 10.9. The van der Waals surface area contributed by atoms with Crippen molar-refractivity contribution in [1.82, 2.24) is 0 Å². The lowest BCUT2D eigenvalue weighted by Crippen LogP contribution is -2.04. The maximum absolute atomic E-state index is 11.6. The van der Waals surface area contributed by atoms with Gasteiger partial charge in [-0.3, -0.25) is 0 Å². The van der Waals surface area contributed by atoms with Gasteiger partial charge in [0, 0.05) is 0 Å². The molecule has 0 aliphatic heterocycles. The van der Waals surface area contributed by atoms with Gasteiger partial charge in [-0.15, -0.1) is 0 Å². The van der Waals surface area contributed by atoms with E-state index in [1.54, 1.807) is 12.1 Å². The molecular weight excluding hydrogens is 312 g/mol. The number of hydrogen-bond acceptors (Lipinski definition) is 2. The molecule has 0 saturated heterocycles. The maximum Gasteiger partial charge on any atom is 0.339 e. The standard InChI is InChI=1S/C22H16O3/c23-22(24)20-12-16-7-1-2-8-17(16)13-21(20)25-14-18-10-5-9-15-6-3-4-11-19(15)18/h1-13H,14H2,(H,23,24). The van der Waals surface area contributed by atoms with Gasteiger partial charge in [0.1, 0.15) is 17.9 Å². The zero-order valence-corrected chi connectivity index (χ0v) is 13.5. The first-order valence-corrected chi connectivity index (χ1v) is 8.08. The van der Waals surface area contributed by atoms with Gasteiger partial charge in [0.25, 0.3) is 0 Å². The van der Waals surface area contributed by atoms with Crippen LogP contribution in [0.4, 0.5) is 0 Å². The van der Waals surface area contributed by atoms with Crippen LogP contribution >= 0.6 is 0 Å². The van der Waals surface area contributed by atoms with Crippen LogP contribution in [0.25, 0.3) is 21.5 Å². The summed E-state index contributed by atoms with van der Waals surface area (Å²) < 4.78 is 5.92. The highest BCUT2D eigenvalue weighted by molar-refractivity contribution is 5.97. The Bertz CT molecular complexity index is 1080. The lowest BCUT2D eigenvalue weighted by Gasteiger charge is -2.12. The van der Waals surface area contributed by atoms with E-state index >= 15 is 0 Å². The van der Waals surface area contributed by atoms with Crippen LogP contribution in [0.3, 0.4) is 0 Å². The van der Waals surface area contributed by atoms with Gasteiger partial charge in [0.15, 0.2) is 0 Å². The number of fused-ring (bicyclic) bond motifs is 2. The third-order valence-electron chi connectivity index (χ3n) is 4.34. The summed E-state index contributed by atoms with van der Waals surface area (Å²) in [6, 6.07) is 25.3. The SMILES string of the molecule is O=C(O)c1cc2ccccc2cc1OCc1cccc2ccccc12. The van der Waals surface area contributed by atoms with Gasteiger partial charge < -0.3 is 9.84 Å². The summed E-state index contributed by atoms with van der Waals surface area (Å²) >= 11 is 0. The van der Waals surface area contributed by atoms with Crippen LogP contribution in [0.5, 0.6) is 5.75 Å². The van der Waals surface area contributed by atoms with Crippen LogP contribution in [0.1, 0.15) is 15.9 Å². The maximum atomic E-state index is 11.6. The highest BCUT2D eigenvalue weighted by atomic mass is 16.5. The van der Waals surface area contributed by atoms with Gasteiger partial charge in [0.05, 0.1) is 0 Å². The molecule has 4 aromatic rings. The molecule has 122 valence electrons. The Hall–Kier alpha value is -3.33. The van der Waals surface area contributed by atoms with E-state index in [4.69, 9.17) is 4.74 Å². The van der Waals surface area contributed by atoms with Crippen molar-refractivity contribution < 1.29 is 14.6 Å². The molecule has 0 unspecified atom stereocenters. The molecule has 0 aliphatic rings. The molecule has 4 aromatic carbocycles. The Labute approximate surface area is 145 Å². The molecule has 3 nitrogen and oxygen atoms in total. The summed E-state index contributed by atoms with van der Waals surface area (Å²) in [5.74, 6) is -0.599. The minimum atomic E-state index is -0.987. The van der Waals surface area contributed by atoms with Crippen molar-refractivity contribution in [3.05, 3.63) is 90.0 Å². The van der Waals surface area contributed by atoms with Crippen molar-refractivity contribution >= 4 is 27.5 Å². The minimum absolute atomic E-state index is 0.180. The van der Waals surface area contributed by atoms with E-state index in [1.807, 2.05) is 54.6 Å². The second-order valence-corrected chi connectivity index (χ2v) is 5.93. The minimum Gasteiger partial charge on any atom is -0.488 e. The molecule has 0 bridgehead atoms. The van der Waals surface area contributed by atoms with Crippen molar-refractivity contribution in [2.75, 3.05) is 0 Å². The van der Waals surface area contributed by atoms with E-state index in [9.17, 15) is 9.90 Å². The largest absolute Gasteiger partial charge is 0.488 e. The molecule has 4 rings (SSSR count).